The van der Waals surface area contributed by atoms with Crippen LogP contribution in [0.3, 0.4) is 0 Å². The lowest BCUT2D eigenvalue weighted by atomic mass is 10.1. The van der Waals surface area contributed by atoms with Gasteiger partial charge in [0.15, 0.2) is 0 Å². The molecule has 3 rings (SSSR count). The van der Waals surface area contributed by atoms with Crippen LogP contribution in [0.1, 0.15) is 19.3 Å². The third kappa shape index (κ3) is 2.78. The van der Waals surface area contributed by atoms with Gasteiger partial charge in [0.2, 0.25) is 11.8 Å². The van der Waals surface area contributed by atoms with Crippen LogP contribution in [0.25, 0.3) is 0 Å². The van der Waals surface area contributed by atoms with Crippen LogP contribution in [0.4, 0.5) is 10.1 Å². The molecule has 2 fully saturated rings. The number of likely N-dealkylation sites (tertiary alicyclic amines) is 1. The second-order valence-corrected chi connectivity index (χ2v) is 5.84. The van der Waals surface area contributed by atoms with Gasteiger partial charge in [-0.05, 0) is 43.5 Å². The number of halogens is 1. The fourth-order valence-electron chi connectivity index (χ4n) is 3.27. The van der Waals surface area contributed by atoms with Crippen LogP contribution in [0, 0.1) is 11.7 Å². The molecule has 2 aliphatic heterocycles. The number of carbonyl (C=O) groups excluding carboxylic acids is 2. The molecule has 6 nitrogen and oxygen atoms in total. The number of anilines is 1. The first-order chi connectivity index (χ1) is 11.0. The summed E-state index contributed by atoms with van der Waals surface area (Å²) in [6, 6.07) is 4.68. The molecule has 0 bridgehead atoms. The van der Waals surface area contributed by atoms with Crippen molar-refractivity contribution < 1.29 is 23.9 Å². The molecule has 0 radical (unpaired) electrons. The number of benzene rings is 1. The Morgan fingerprint density at radius 3 is 2.48 bits per heavy atom. The van der Waals surface area contributed by atoms with E-state index in [9.17, 15) is 23.9 Å². The van der Waals surface area contributed by atoms with Crippen molar-refractivity contribution in [1.82, 2.24) is 4.90 Å². The van der Waals surface area contributed by atoms with Crippen LogP contribution in [0.2, 0.25) is 0 Å². The molecule has 122 valence electrons. The molecule has 2 heterocycles. The number of carbonyl (C=O) groups is 3. The van der Waals surface area contributed by atoms with E-state index in [1.54, 1.807) is 0 Å². The van der Waals surface area contributed by atoms with E-state index in [2.05, 4.69) is 0 Å². The maximum Gasteiger partial charge on any atom is 0.326 e. The van der Waals surface area contributed by atoms with Crippen LogP contribution < -0.4 is 4.90 Å². The third-order valence-electron chi connectivity index (χ3n) is 4.46. The second-order valence-electron chi connectivity index (χ2n) is 5.84. The highest BCUT2D eigenvalue weighted by molar-refractivity contribution is 6.10. The summed E-state index contributed by atoms with van der Waals surface area (Å²) in [6.07, 6.45) is 1.40. The SMILES string of the molecule is O=C(O)C1CCCN1C(=O)C1CCN(c2ccc(F)cc2)C1=O. The van der Waals surface area contributed by atoms with E-state index in [1.165, 1.54) is 34.1 Å². The van der Waals surface area contributed by atoms with Crippen LogP contribution in [-0.4, -0.2) is 46.9 Å². The summed E-state index contributed by atoms with van der Waals surface area (Å²) in [6.45, 7) is 0.739. The number of aliphatic carboxylic acids is 1. The zero-order chi connectivity index (χ0) is 16.6. The maximum absolute atomic E-state index is 13.0. The van der Waals surface area contributed by atoms with Gasteiger partial charge in [-0.25, -0.2) is 9.18 Å². The number of rotatable bonds is 3. The van der Waals surface area contributed by atoms with Crippen molar-refractivity contribution in [3.05, 3.63) is 30.1 Å². The van der Waals surface area contributed by atoms with E-state index in [4.69, 9.17) is 0 Å². The lowest BCUT2D eigenvalue weighted by Crippen LogP contribution is -2.45. The molecule has 7 heteroatoms. The monoisotopic (exact) mass is 320 g/mol. The van der Waals surface area contributed by atoms with Gasteiger partial charge in [-0.15, -0.1) is 0 Å². The predicted molar refractivity (Wildman–Crippen MR) is 79.2 cm³/mol. The van der Waals surface area contributed by atoms with Crippen LogP contribution in [-0.2, 0) is 14.4 Å². The summed E-state index contributed by atoms with van der Waals surface area (Å²) in [5.74, 6) is -3.03. The molecule has 0 aromatic heterocycles. The van der Waals surface area contributed by atoms with Crippen molar-refractivity contribution in [2.45, 2.75) is 25.3 Å². The third-order valence-corrected chi connectivity index (χ3v) is 4.46. The number of amides is 2. The van der Waals surface area contributed by atoms with Gasteiger partial charge in [0, 0.05) is 18.8 Å². The molecular formula is C16H17FN2O4. The molecule has 0 aliphatic carbocycles. The van der Waals surface area contributed by atoms with Crippen LogP contribution >= 0.6 is 0 Å². The molecule has 1 N–H and O–H groups in total. The first kappa shape index (κ1) is 15.5. The van der Waals surface area contributed by atoms with Gasteiger partial charge in [0.25, 0.3) is 0 Å². The lowest BCUT2D eigenvalue weighted by Gasteiger charge is -2.24. The Bertz CT molecular complexity index is 646. The van der Waals surface area contributed by atoms with E-state index in [0.29, 0.717) is 38.0 Å². The minimum Gasteiger partial charge on any atom is -0.480 e. The number of nitrogens with zero attached hydrogens (tertiary/aromatic N) is 2. The zero-order valence-electron chi connectivity index (χ0n) is 12.4. The minimum atomic E-state index is -1.03. The molecule has 2 saturated heterocycles. The van der Waals surface area contributed by atoms with Crippen molar-refractivity contribution in [2.24, 2.45) is 5.92 Å². The Balaban J connectivity index is 1.75. The van der Waals surface area contributed by atoms with E-state index < -0.39 is 29.7 Å². The number of hydrogen-bond donors (Lipinski definition) is 1. The van der Waals surface area contributed by atoms with Crippen molar-refractivity contribution in [3.8, 4) is 0 Å². The highest BCUT2D eigenvalue weighted by Gasteiger charge is 2.43. The fourth-order valence-corrected chi connectivity index (χ4v) is 3.27. The predicted octanol–water partition coefficient (Wildman–Crippen LogP) is 1.25. The first-order valence-corrected chi connectivity index (χ1v) is 7.59. The minimum absolute atomic E-state index is 0.345. The summed E-state index contributed by atoms with van der Waals surface area (Å²) in [5.41, 5.74) is 0.544. The number of hydrogen-bond acceptors (Lipinski definition) is 3. The van der Waals surface area contributed by atoms with Gasteiger partial charge in [-0.1, -0.05) is 0 Å². The van der Waals surface area contributed by atoms with E-state index >= 15 is 0 Å². The number of carboxylic acids is 1. The molecule has 2 aliphatic rings. The highest BCUT2D eigenvalue weighted by Crippen LogP contribution is 2.29. The van der Waals surface area contributed by atoms with Crippen LogP contribution in [0.15, 0.2) is 24.3 Å². The Kier molecular flexibility index (Phi) is 4.02. The topological polar surface area (TPSA) is 77.9 Å². The average molecular weight is 320 g/mol. The molecule has 0 spiro atoms. The standard InChI is InChI=1S/C16H17FN2O4/c17-10-3-5-11(6-4-10)18-9-7-12(14(18)20)15(21)19-8-1-2-13(19)16(22)23/h3-6,12-13H,1-2,7-9H2,(H,22,23). The molecule has 23 heavy (non-hydrogen) atoms. The van der Waals surface area contributed by atoms with Crippen molar-refractivity contribution in [2.75, 3.05) is 18.0 Å². The summed E-state index contributed by atoms with van der Waals surface area (Å²) in [7, 11) is 0. The van der Waals surface area contributed by atoms with Gasteiger partial charge >= 0.3 is 5.97 Å². The zero-order valence-corrected chi connectivity index (χ0v) is 12.4. The first-order valence-electron chi connectivity index (χ1n) is 7.59. The number of carboxylic acid groups (broad SMARTS) is 1. The average Bonchev–Trinajstić information content (AvgIpc) is 3.14. The lowest BCUT2D eigenvalue weighted by molar-refractivity contribution is -0.151. The van der Waals surface area contributed by atoms with Crippen molar-refractivity contribution in [3.63, 3.8) is 0 Å². The van der Waals surface area contributed by atoms with Crippen molar-refractivity contribution >= 4 is 23.5 Å². The Morgan fingerprint density at radius 2 is 1.83 bits per heavy atom. The van der Waals surface area contributed by atoms with Gasteiger partial charge < -0.3 is 14.9 Å². The Labute approximate surface area is 132 Å². The Morgan fingerprint density at radius 1 is 1.13 bits per heavy atom. The van der Waals surface area contributed by atoms with Crippen LogP contribution in [0.5, 0.6) is 0 Å². The van der Waals surface area contributed by atoms with Gasteiger partial charge in [0.05, 0.1) is 0 Å². The van der Waals surface area contributed by atoms with E-state index in [1.807, 2.05) is 0 Å². The molecule has 1 aromatic carbocycles. The molecule has 2 atom stereocenters. The Hall–Kier alpha value is -2.44. The van der Waals surface area contributed by atoms with E-state index in [0.717, 1.165) is 0 Å². The maximum atomic E-state index is 13.0. The highest BCUT2D eigenvalue weighted by atomic mass is 19.1. The molecular weight excluding hydrogens is 303 g/mol. The molecule has 0 saturated carbocycles. The summed E-state index contributed by atoms with van der Waals surface area (Å²) in [4.78, 5) is 39.0. The largest absolute Gasteiger partial charge is 0.480 e. The summed E-state index contributed by atoms with van der Waals surface area (Å²) >= 11 is 0. The summed E-state index contributed by atoms with van der Waals surface area (Å²) in [5, 5.41) is 9.17. The van der Waals surface area contributed by atoms with Gasteiger partial charge in [-0.3, -0.25) is 9.59 Å². The fraction of sp³-hybridized carbons (Fsp3) is 0.438. The normalized spacial score (nSPS) is 24.3. The summed E-state index contributed by atoms with van der Waals surface area (Å²) < 4.78 is 13.0. The second kappa shape index (κ2) is 5.98. The van der Waals surface area contributed by atoms with Gasteiger partial charge in [0.1, 0.15) is 17.8 Å². The molecule has 2 amide bonds. The van der Waals surface area contributed by atoms with E-state index in [-0.39, 0.29) is 5.91 Å². The molecule has 2 unspecified atom stereocenters. The van der Waals surface area contributed by atoms with Crippen molar-refractivity contribution in [1.29, 1.82) is 0 Å². The smallest absolute Gasteiger partial charge is 0.326 e. The quantitative estimate of drug-likeness (QED) is 0.850. The molecule has 1 aromatic rings. The van der Waals surface area contributed by atoms with Gasteiger partial charge in [-0.2, -0.15) is 0 Å².